The van der Waals surface area contributed by atoms with Crippen LogP contribution in [-0.2, 0) is 6.54 Å². The van der Waals surface area contributed by atoms with E-state index in [1.165, 1.54) is 11.3 Å². The van der Waals surface area contributed by atoms with E-state index in [9.17, 15) is 4.79 Å². The molecular weight excluding hydrogens is 270 g/mol. The maximum absolute atomic E-state index is 11.9. The van der Waals surface area contributed by atoms with Crippen LogP contribution >= 0.6 is 11.3 Å². The molecule has 0 saturated carbocycles. The van der Waals surface area contributed by atoms with Gasteiger partial charge in [-0.3, -0.25) is 4.79 Å². The fourth-order valence-electron chi connectivity index (χ4n) is 1.65. The molecule has 1 heterocycles. The molecule has 102 valence electrons. The molecule has 1 aromatic carbocycles. The lowest BCUT2D eigenvalue weighted by molar-refractivity contribution is 0.0946. The summed E-state index contributed by atoms with van der Waals surface area (Å²) in [6.07, 6.45) is 0. The highest BCUT2D eigenvalue weighted by molar-refractivity contribution is 7.09. The average molecular weight is 285 g/mol. The number of nitrogens with two attached hydrogens (primary N) is 1. The molecule has 0 bridgehead atoms. The zero-order valence-corrected chi connectivity index (χ0v) is 12.0. The monoisotopic (exact) mass is 285 g/mol. The quantitative estimate of drug-likeness (QED) is 0.843. The number of carbonyl (C=O) groups is 1. The predicted octanol–water partition coefficient (Wildman–Crippen LogP) is 1.69. The Bertz CT molecular complexity index is 667. The van der Waals surface area contributed by atoms with E-state index < -0.39 is 0 Å². The maximum Gasteiger partial charge on any atom is 0.271 e. The molecule has 0 saturated heterocycles. The summed E-state index contributed by atoms with van der Waals surface area (Å²) in [4.78, 5) is 16.0. The Balaban J connectivity index is 1.98. The molecule has 0 atom stereocenters. The van der Waals surface area contributed by atoms with Gasteiger partial charge in [0.15, 0.2) is 0 Å². The van der Waals surface area contributed by atoms with Crippen LogP contribution in [0.4, 0.5) is 0 Å². The van der Waals surface area contributed by atoms with Crippen molar-refractivity contribution < 1.29 is 4.79 Å². The molecule has 0 aliphatic heterocycles. The minimum Gasteiger partial charge on any atom is -0.347 e. The lowest BCUT2D eigenvalue weighted by atomic mass is 10.1. The minimum absolute atomic E-state index is 0.159. The van der Waals surface area contributed by atoms with E-state index in [4.69, 9.17) is 5.73 Å². The Labute approximate surface area is 122 Å². The zero-order valence-electron chi connectivity index (χ0n) is 11.1. The first-order chi connectivity index (χ1) is 9.69. The van der Waals surface area contributed by atoms with E-state index in [-0.39, 0.29) is 5.91 Å². The van der Waals surface area contributed by atoms with Crippen LogP contribution in [0.5, 0.6) is 0 Å². The standard InChI is InChI=1S/C15H15N3OS/c1-11-18-14(10-20-11)15(19)17-9-13-5-2-4-12(8-13)6-3-7-16/h2,4-5,8,10H,7,9,16H2,1H3,(H,17,19). The summed E-state index contributed by atoms with van der Waals surface area (Å²) < 4.78 is 0. The number of hydrogen-bond acceptors (Lipinski definition) is 4. The molecule has 0 fully saturated rings. The van der Waals surface area contributed by atoms with Gasteiger partial charge in [0.05, 0.1) is 11.6 Å². The average Bonchev–Trinajstić information content (AvgIpc) is 2.90. The van der Waals surface area contributed by atoms with Gasteiger partial charge >= 0.3 is 0 Å². The van der Waals surface area contributed by atoms with Crippen LogP contribution < -0.4 is 11.1 Å². The molecule has 2 rings (SSSR count). The second-order valence-electron chi connectivity index (χ2n) is 4.14. The number of carbonyl (C=O) groups excluding carboxylic acids is 1. The van der Waals surface area contributed by atoms with Crippen molar-refractivity contribution in [2.45, 2.75) is 13.5 Å². The van der Waals surface area contributed by atoms with Gasteiger partial charge in [0.25, 0.3) is 5.91 Å². The summed E-state index contributed by atoms with van der Waals surface area (Å²) in [5.74, 6) is 5.62. The largest absolute Gasteiger partial charge is 0.347 e. The lowest BCUT2D eigenvalue weighted by Crippen LogP contribution is -2.23. The molecular formula is C15H15N3OS. The molecule has 5 heteroatoms. The van der Waals surface area contributed by atoms with E-state index in [1.54, 1.807) is 5.38 Å². The van der Waals surface area contributed by atoms with Gasteiger partial charge in [-0.15, -0.1) is 11.3 Å². The molecule has 0 aliphatic rings. The number of rotatable bonds is 3. The summed E-state index contributed by atoms with van der Waals surface area (Å²) in [6, 6.07) is 7.71. The highest BCUT2D eigenvalue weighted by Crippen LogP contribution is 2.08. The second kappa shape index (κ2) is 6.85. The zero-order chi connectivity index (χ0) is 14.4. The first-order valence-corrected chi connectivity index (χ1v) is 7.05. The molecule has 1 amide bonds. The van der Waals surface area contributed by atoms with Gasteiger partial charge in [-0.25, -0.2) is 4.98 Å². The lowest BCUT2D eigenvalue weighted by Gasteiger charge is -2.04. The molecule has 1 aromatic heterocycles. The fourth-order valence-corrected chi connectivity index (χ4v) is 2.25. The smallest absolute Gasteiger partial charge is 0.271 e. The summed E-state index contributed by atoms with van der Waals surface area (Å²) in [6.45, 7) is 2.67. The molecule has 0 spiro atoms. The third-order valence-corrected chi connectivity index (χ3v) is 3.34. The fraction of sp³-hybridized carbons (Fsp3) is 0.200. The van der Waals surface area contributed by atoms with Crippen molar-refractivity contribution >= 4 is 17.2 Å². The summed E-state index contributed by atoms with van der Waals surface area (Å²) in [7, 11) is 0. The van der Waals surface area contributed by atoms with Crippen LogP contribution in [0, 0.1) is 18.8 Å². The van der Waals surface area contributed by atoms with E-state index >= 15 is 0 Å². The maximum atomic E-state index is 11.9. The normalized spacial score (nSPS) is 9.70. The number of hydrogen-bond donors (Lipinski definition) is 2. The highest BCUT2D eigenvalue weighted by atomic mass is 32.1. The van der Waals surface area contributed by atoms with Crippen molar-refractivity contribution in [1.82, 2.24) is 10.3 Å². The molecule has 0 aliphatic carbocycles. The first-order valence-electron chi connectivity index (χ1n) is 6.17. The number of aromatic nitrogens is 1. The van der Waals surface area contributed by atoms with Gasteiger partial charge in [0.2, 0.25) is 0 Å². The Kier molecular flexibility index (Phi) is 4.88. The van der Waals surface area contributed by atoms with Crippen LogP contribution in [0.15, 0.2) is 29.6 Å². The van der Waals surface area contributed by atoms with Gasteiger partial charge in [-0.1, -0.05) is 24.0 Å². The first kappa shape index (κ1) is 14.3. The SMILES string of the molecule is Cc1nc(C(=O)NCc2cccc(C#CCN)c2)cs1. The van der Waals surface area contributed by atoms with Gasteiger partial charge in [-0.2, -0.15) is 0 Å². The van der Waals surface area contributed by atoms with E-state index in [2.05, 4.69) is 22.1 Å². The molecule has 0 radical (unpaired) electrons. The van der Waals surface area contributed by atoms with Crippen molar-refractivity contribution in [3.8, 4) is 11.8 Å². The number of amides is 1. The Morgan fingerprint density at radius 2 is 2.35 bits per heavy atom. The Morgan fingerprint density at radius 3 is 3.05 bits per heavy atom. The summed E-state index contributed by atoms with van der Waals surface area (Å²) in [5.41, 5.74) is 7.70. The van der Waals surface area contributed by atoms with Crippen LogP contribution in [0.2, 0.25) is 0 Å². The van der Waals surface area contributed by atoms with Crippen molar-refractivity contribution in [2.24, 2.45) is 5.73 Å². The third kappa shape index (κ3) is 3.92. The van der Waals surface area contributed by atoms with Crippen LogP contribution in [0.25, 0.3) is 0 Å². The number of nitrogens with one attached hydrogen (secondary N) is 1. The minimum atomic E-state index is -0.159. The molecule has 3 N–H and O–H groups in total. The van der Waals surface area contributed by atoms with Crippen LogP contribution in [0.3, 0.4) is 0 Å². The number of thiazole rings is 1. The molecule has 20 heavy (non-hydrogen) atoms. The number of nitrogens with zero attached hydrogens (tertiary/aromatic N) is 1. The van der Waals surface area contributed by atoms with Gasteiger partial charge < -0.3 is 11.1 Å². The van der Waals surface area contributed by atoms with Crippen molar-refractivity contribution in [2.75, 3.05) is 6.54 Å². The number of aryl methyl sites for hydroxylation is 1. The third-order valence-electron chi connectivity index (χ3n) is 2.57. The second-order valence-corrected chi connectivity index (χ2v) is 5.20. The van der Waals surface area contributed by atoms with E-state index in [0.717, 1.165) is 16.1 Å². The Morgan fingerprint density at radius 1 is 1.50 bits per heavy atom. The van der Waals surface area contributed by atoms with Crippen molar-refractivity contribution in [1.29, 1.82) is 0 Å². The summed E-state index contributed by atoms with van der Waals surface area (Å²) >= 11 is 1.46. The highest BCUT2D eigenvalue weighted by Gasteiger charge is 2.08. The van der Waals surface area contributed by atoms with Gasteiger partial charge in [0, 0.05) is 17.5 Å². The predicted molar refractivity (Wildman–Crippen MR) is 80.4 cm³/mol. The Hall–Kier alpha value is -2.16. The van der Waals surface area contributed by atoms with Crippen molar-refractivity contribution in [3.05, 3.63) is 51.5 Å². The topological polar surface area (TPSA) is 68.0 Å². The van der Waals surface area contributed by atoms with Crippen LogP contribution in [-0.4, -0.2) is 17.4 Å². The molecule has 0 unspecified atom stereocenters. The molecule has 4 nitrogen and oxygen atoms in total. The molecule has 2 aromatic rings. The van der Waals surface area contributed by atoms with Crippen LogP contribution in [0.1, 0.15) is 26.6 Å². The van der Waals surface area contributed by atoms with E-state index in [0.29, 0.717) is 18.8 Å². The van der Waals surface area contributed by atoms with Crippen molar-refractivity contribution in [3.63, 3.8) is 0 Å². The summed E-state index contributed by atoms with van der Waals surface area (Å²) in [5, 5.41) is 5.49. The van der Waals surface area contributed by atoms with Gasteiger partial charge in [0.1, 0.15) is 5.69 Å². The number of benzene rings is 1. The van der Waals surface area contributed by atoms with E-state index in [1.807, 2.05) is 31.2 Å². The van der Waals surface area contributed by atoms with Gasteiger partial charge in [-0.05, 0) is 24.6 Å².